The van der Waals surface area contributed by atoms with Crippen molar-refractivity contribution in [2.45, 2.75) is 11.8 Å². The van der Waals surface area contributed by atoms with Gasteiger partial charge in [0.1, 0.15) is 5.75 Å². The second-order valence-electron chi connectivity index (χ2n) is 4.26. The molecule has 0 aliphatic heterocycles. The molecule has 0 amide bonds. The van der Waals surface area contributed by atoms with Gasteiger partial charge in [-0.25, -0.2) is 8.42 Å². The first kappa shape index (κ1) is 14.9. The maximum absolute atomic E-state index is 12.3. The van der Waals surface area contributed by atoms with Gasteiger partial charge in [0.25, 0.3) is 10.0 Å². The molecule has 0 atom stereocenters. The Morgan fingerprint density at radius 2 is 1.75 bits per heavy atom. The highest BCUT2D eigenvalue weighted by Crippen LogP contribution is 2.29. The molecule has 0 unspecified atom stereocenters. The van der Waals surface area contributed by atoms with Crippen LogP contribution in [0.4, 0.5) is 5.69 Å². The lowest BCUT2D eigenvalue weighted by Crippen LogP contribution is -2.13. The zero-order valence-electron chi connectivity index (χ0n) is 11.1. The highest BCUT2D eigenvalue weighted by atomic mass is 79.9. The highest BCUT2D eigenvalue weighted by Gasteiger charge is 2.15. The van der Waals surface area contributed by atoms with Crippen LogP contribution in [0.2, 0.25) is 0 Å². The maximum atomic E-state index is 12.3. The maximum Gasteiger partial charge on any atom is 0.261 e. The molecule has 4 nitrogen and oxygen atoms in total. The Morgan fingerprint density at radius 3 is 2.30 bits per heavy atom. The highest BCUT2D eigenvalue weighted by molar-refractivity contribution is 9.10. The van der Waals surface area contributed by atoms with Crippen molar-refractivity contribution in [2.75, 3.05) is 11.8 Å². The van der Waals surface area contributed by atoms with Crippen molar-refractivity contribution in [3.05, 3.63) is 52.5 Å². The number of hydrogen-bond donors (Lipinski definition) is 1. The Labute approximate surface area is 127 Å². The summed E-state index contributed by atoms with van der Waals surface area (Å²) in [5.74, 6) is 0.648. The first-order valence-electron chi connectivity index (χ1n) is 5.85. The van der Waals surface area contributed by atoms with Crippen LogP contribution in [0.25, 0.3) is 0 Å². The molecular formula is C14H14BrNO3S. The summed E-state index contributed by atoms with van der Waals surface area (Å²) in [6.45, 7) is 1.91. The monoisotopic (exact) mass is 355 g/mol. The van der Waals surface area contributed by atoms with Crippen molar-refractivity contribution >= 4 is 31.6 Å². The fourth-order valence-corrected chi connectivity index (χ4v) is 3.29. The number of ether oxygens (including phenoxy) is 1. The van der Waals surface area contributed by atoms with Crippen molar-refractivity contribution in [3.63, 3.8) is 0 Å². The third-order valence-electron chi connectivity index (χ3n) is 2.75. The zero-order chi connectivity index (χ0) is 14.8. The SMILES string of the molecule is COc1ccc(NS(=O)(=O)c2ccc(C)cc2)c(Br)c1. The van der Waals surface area contributed by atoms with E-state index < -0.39 is 10.0 Å². The molecule has 2 rings (SSSR count). The summed E-state index contributed by atoms with van der Waals surface area (Å²) in [6, 6.07) is 11.7. The van der Waals surface area contributed by atoms with Gasteiger partial charge in [-0.3, -0.25) is 4.72 Å². The molecule has 106 valence electrons. The molecule has 6 heteroatoms. The van der Waals surface area contributed by atoms with Gasteiger partial charge in [-0.05, 0) is 53.2 Å². The minimum absolute atomic E-state index is 0.228. The van der Waals surface area contributed by atoms with E-state index in [-0.39, 0.29) is 4.90 Å². The van der Waals surface area contributed by atoms with Gasteiger partial charge in [-0.15, -0.1) is 0 Å². The van der Waals surface area contributed by atoms with Gasteiger partial charge in [-0.1, -0.05) is 17.7 Å². The largest absolute Gasteiger partial charge is 0.497 e. The van der Waals surface area contributed by atoms with Crippen LogP contribution in [0.15, 0.2) is 51.8 Å². The molecule has 0 radical (unpaired) electrons. The molecule has 2 aromatic rings. The zero-order valence-corrected chi connectivity index (χ0v) is 13.5. The van der Waals surface area contributed by atoms with Crippen LogP contribution in [-0.2, 0) is 10.0 Å². The van der Waals surface area contributed by atoms with E-state index in [1.54, 1.807) is 49.6 Å². The number of benzene rings is 2. The minimum atomic E-state index is -3.59. The van der Waals surface area contributed by atoms with Crippen LogP contribution in [0, 0.1) is 6.92 Å². The molecule has 1 N–H and O–H groups in total. The fraction of sp³-hybridized carbons (Fsp3) is 0.143. The Morgan fingerprint density at radius 1 is 1.10 bits per heavy atom. The van der Waals surface area contributed by atoms with Crippen LogP contribution in [0.1, 0.15) is 5.56 Å². The van der Waals surface area contributed by atoms with E-state index in [4.69, 9.17) is 4.74 Å². The fourth-order valence-electron chi connectivity index (χ4n) is 1.63. The lowest BCUT2D eigenvalue weighted by Gasteiger charge is -2.11. The van der Waals surface area contributed by atoms with Crippen molar-refractivity contribution in [3.8, 4) is 5.75 Å². The second-order valence-corrected chi connectivity index (χ2v) is 6.80. The van der Waals surface area contributed by atoms with Crippen molar-refractivity contribution in [1.29, 1.82) is 0 Å². The summed E-state index contributed by atoms with van der Waals surface area (Å²) >= 11 is 3.32. The lowest BCUT2D eigenvalue weighted by molar-refractivity contribution is 0.414. The van der Waals surface area contributed by atoms with Crippen LogP contribution >= 0.6 is 15.9 Å². The molecular weight excluding hydrogens is 342 g/mol. The van der Waals surface area contributed by atoms with Gasteiger partial charge < -0.3 is 4.74 Å². The predicted octanol–water partition coefficient (Wildman–Crippen LogP) is 3.57. The van der Waals surface area contributed by atoms with E-state index in [9.17, 15) is 8.42 Å². The molecule has 0 saturated carbocycles. The second kappa shape index (κ2) is 5.85. The Hall–Kier alpha value is -1.53. The molecule has 0 bridgehead atoms. The average molecular weight is 356 g/mol. The Bertz CT molecular complexity index is 712. The first-order valence-corrected chi connectivity index (χ1v) is 8.13. The molecule has 0 aliphatic carbocycles. The number of methoxy groups -OCH3 is 1. The summed E-state index contributed by atoms with van der Waals surface area (Å²) in [5.41, 5.74) is 1.47. The van der Waals surface area contributed by atoms with E-state index in [2.05, 4.69) is 20.7 Å². The first-order chi connectivity index (χ1) is 9.42. The van der Waals surface area contributed by atoms with E-state index >= 15 is 0 Å². The van der Waals surface area contributed by atoms with Crippen LogP contribution in [0.3, 0.4) is 0 Å². The number of rotatable bonds is 4. The quantitative estimate of drug-likeness (QED) is 0.911. The van der Waals surface area contributed by atoms with Gasteiger partial charge in [0, 0.05) is 4.47 Å². The summed E-state index contributed by atoms with van der Waals surface area (Å²) in [7, 11) is -2.04. The molecule has 0 saturated heterocycles. The van der Waals surface area contributed by atoms with Gasteiger partial charge in [-0.2, -0.15) is 0 Å². The molecule has 0 aromatic heterocycles. The molecule has 0 fully saturated rings. The lowest BCUT2D eigenvalue weighted by atomic mass is 10.2. The predicted molar refractivity (Wildman–Crippen MR) is 82.7 cm³/mol. The molecule has 0 spiro atoms. The number of hydrogen-bond acceptors (Lipinski definition) is 3. The number of anilines is 1. The van der Waals surface area contributed by atoms with Crippen molar-refractivity contribution < 1.29 is 13.2 Å². The topological polar surface area (TPSA) is 55.4 Å². The summed E-state index contributed by atoms with van der Waals surface area (Å²) in [6.07, 6.45) is 0. The summed E-state index contributed by atoms with van der Waals surface area (Å²) in [4.78, 5) is 0.228. The molecule has 0 aliphatic rings. The van der Waals surface area contributed by atoms with Crippen molar-refractivity contribution in [2.24, 2.45) is 0 Å². The standard InChI is InChI=1S/C14H14BrNO3S/c1-10-3-6-12(7-4-10)20(17,18)16-14-8-5-11(19-2)9-13(14)15/h3-9,16H,1-2H3. The number of halogens is 1. The number of aryl methyl sites for hydroxylation is 1. The van der Waals surface area contributed by atoms with Gasteiger partial charge in [0.05, 0.1) is 17.7 Å². The molecule has 20 heavy (non-hydrogen) atoms. The average Bonchev–Trinajstić information content (AvgIpc) is 2.41. The van der Waals surface area contributed by atoms with E-state index in [1.807, 2.05) is 6.92 Å². The van der Waals surface area contributed by atoms with Crippen LogP contribution in [0.5, 0.6) is 5.75 Å². The molecule has 0 heterocycles. The van der Waals surface area contributed by atoms with E-state index in [1.165, 1.54) is 0 Å². The Kier molecular flexibility index (Phi) is 4.35. The third-order valence-corrected chi connectivity index (χ3v) is 4.79. The molecule has 2 aromatic carbocycles. The summed E-state index contributed by atoms with van der Waals surface area (Å²) < 4.78 is 32.7. The normalized spacial score (nSPS) is 11.2. The minimum Gasteiger partial charge on any atom is -0.497 e. The number of nitrogens with one attached hydrogen (secondary N) is 1. The van der Waals surface area contributed by atoms with E-state index in [0.29, 0.717) is 15.9 Å². The van der Waals surface area contributed by atoms with Gasteiger partial charge in [0.15, 0.2) is 0 Å². The summed E-state index contributed by atoms with van der Waals surface area (Å²) in [5, 5.41) is 0. The number of sulfonamides is 1. The van der Waals surface area contributed by atoms with Crippen LogP contribution < -0.4 is 9.46 Å². The Balaban J connectivity index is 2.31. The van der Waals surface area contributed by atoms with Crippen molar-refractivity contribution in [1.82, 2.24) is 0 Å². The third kappa shape index (κ3) is 3.32. The van der Waals surface area contributed by atoms with E-state index in [0.717, 1.165) is 5.56 Å². The van der Waals surface area contributed by atoms with Crippen LogP contribution in [-0.4, -0.2) is 15.5 Å². The smallest absolute Gasteiger partial charge is 0.261 e. The van der Waals surface area contributed by atoms with Gasteiger partial charge >= 0.3 is 0 Å². The van der Waals surface area contributed by atoms with Gasteiger partial charge in [0.2, 0.25) is 0 Å².